The Bertz CT molecular complexity index is 394. The summed E-state index contributed by atoms with van der Waals surface area (Å²) in [4.78, 5) is 11.5. The molecule has 0 aliphatic carbocycles. The molecule has 0 bridgehead atoms. The number of hydrogen-bond donors (Lipinski definition) is 2. The number of rotatable bonds is 3. The molecule has 2 rings (SSSR count). The first kappa shape index (κ1) is 11.9. The van der Waals surface area contributed by atoms with Crippen LogP contribution in [-0.4, -0.2) is 24.7 Å². The van der Waals surface area contributed by atoms with Crippen LogP contribution in [0.25, 0.3) is 0 Å². The van der Waals surface area contributed by atoms with Crippen molar-refractivity contribution in [3.63, 3.8) is 0 Å². The Morgan fingerprint density at radius 1 is 1.35 bits per heavy atom. The molecule has 0 aromatic heterocycles. The van der Waals surface area contributed by atoms with E-state index < -0.39 is 11.5 Å². The Kier molecular flexibility index (Phi) is 3.33. The minimum absolute atomic E-state index is 0.634. The standard InChI is InChI=1S/C13H17NO3/c1-17-11-6-4-10(5-7-11)13(12(15)16)8-2-3-9-14-13/h4-7,14H,2-3,8-9H2,1H3,(H,15,16). The second kappa shape index (κ2) is 4.75. The van der Waals surface area contributed by atoms with Gasteiger partial charge in [-0.05, 0) is 43.5 Å². The third-order valence-electron chi connectivity index (χ3n) is 3.35. The molecular formula is C13H17NO3. The summed E-state index contributed by atoms with van der Waals surface area (Å²) in [6.07, 6.45) is 2.60. The summed E-state index contributed by atoms with van der Waals surface area (Å²) in [6.45, 7) is 0.748. The van der Waals surface area contributed by atoms with Gasteiger partial charge in [0.1, 0.15) is 11.3 Å². The maximum atomic E-state index is 11.5. The van der Waals surface area contributed by atoms with Gasteiger partial charge in [-0.2, -0.15) is 0 Å². The number of benzene rings is 1. The summed E-state index contributed by atoms with van der Waals surface area (Å²) in [7, 11) is 1.60. The molecule has 1 aliphatic rings. The van der Waals surface area contributed by atoms with E-state index in [4.69, 9.17) is 4.74 Å². The number of aliphatic carboxylic acids is 1. The Hall–Kier alpha value is -1.55. The van der Waals surface area contributed by atoms with E-state index in [1.165, 1.54) is 0 Å². The van der Waals surface area contributed by atoms with Crippen LogP contribution in [0.4, 0.5) is 0 Å². The number of hydrogen-bond acceptors (Lipinski definition) is 3. The fourth-order valence-electron chi connectivity index (χ4n) is 2.33. The molecule has 1 atom stereocenters. The van der Waals surface area contributed by atoms with Crippen molar-refractivity contribution in [1.82, 2.24) is 5.32 Å². The van der Waals surface area contributed by atoms with E-state index in [0.717, 1.165) is 30.7 Å². The van der Waals surface area contributed by atoms with Crippen molar-refractivity contribution in [3.8, 4) is 5.75 Å². The predicted octanol–water partition coefficient (Wildman–Crippen LogP) is 1.75. The zero-order chi connectivity index (χ0) is 12.3. The SMILES string of the molecule is COc1ccc(C2(C(=O)O)CCCCN2)cc1. The van der Waals surface area contributed by atoms with Crippen LogP contribution in [0.5, 0.6) is 5.75 Å². The second-order valence-corrected chi connectivity index (χ2v) is 4.32. The van der Waals surface area contributed by atoms with E-state index >= 15 is 0 Å². The summed E-state index contributed by atoms with van der Waals surface area (Å²) in [6, 6.07) is 7.25. The first-order valence-electron chi connectivity index (χ1n) is 5.82. The third kappa shape index (κ3) is 2.13. The van der Waals surface area contributed by atoms with Gasteiger partial charge in [0, 0.05) is 0 Å². The van der Waals surface area contributed by atoms with Crippen LogP contribution in [0.1, 0.15) is 24.8 Å². The van der Waals surface area contributed by atoms with Crippen LogP contribution < -0.4 is 10.1 Å². The van der Waals surface area contributed by atoms with Gasteiger partial charge in [-0.3, -0.25) is 5.32 Å². The van der Waals surface area contributed by atoms with Crippen LogP contribution in [0.3, 0.4) is 0 Å². The number of piperidine rings is 1. The summed E-state index contributed by atoms with van der Waals surface area (Å²) in [5.74, 6) is -0.0625. The highest BCUT2D eigenvalue weighted by molar-refractivity contribution is 5.81. The molecule has 0 amide bonds. The first-order valence-corrected chi connectivity index (χ1v) is 5.82. The van der Waals surface area contributed by atoms with Gasteiger partial charge in [0.15, 0.2) is 0 Å². The highest BCUT2D eigenvalue weighted by Crippen LogP contribution is 2.31. The summed E-state index contributed by atoms with van der Waals surface area (Å²) >= 11 is 0. The lowest BCUT2D eigenvalue weighted by molar-refractivity contribution is -0.146. The minimum atomic E-state index is -0.926. The number of nitrogens with one attached hydrogen (secondary N) is 1. The molecule has 4 nitrogen and oxygen atoms in total. The van der Waals surface area contributed by atoms with Gasteiger partial charge in [0.2, 0.25) is 0 Å². The Morgan fingerprint density at radius 2 is 2.06 bits per heavy atom. The van der Waals surface area contributed by atoms with Crippen molar-refractivity contribution in [2.24, 2.45) is 0 Å². The van der Waals surface area contributed by atoms with Crippen LogP contribution in [0, 0.1) is 0 Å². The minimum Gasteiger partial charge on any atom is -0.497 e. The number of methoxy groups -OCH3 is 1. The van der Waals surface area contributed by atoms with E-state index in [1.54, 1.807) is 19.2 Å². The summed E-state index contributed by atoms with van der Waals surface area (Å²) in [5.41, 5.74) is -0.129. The second-order valence-electron chi connectivity index (χ2n) is 4.32. The van der Waals surface area contributed by atoms with Crippen molar-refractivity contribution >= 4 is 5.97 Å². The fraction of sp³-hybridized carbons (Fsp3) is 0.462. The fourth-order valence-corrected chi connectivity index (χ4v) is 2.33. The van der Waals surface area contributed by atoms with Gasteiger partial charge in [-0.25, -0.2) is 4.79 Å². The molecule has 1 saturated heterocycles. The number of carbonyl (C=O) groups is 1. The van der Waals surface area contributed by atoms with Crippen LogP contribution in [0.15, 0.2) is 24.3 Å². The molecular weight excluding hydrogens is 218 g/mol. The van der Waals surface area contributed by atoms with Crippen molar-refractivity contribution in [1.29, 1.82) is 0 Å². The smallest absolute Gasteiger partial charge is 0.328 e. The van der Waals surface area contributed by atoms with E-state index in [-0.39, 0.29) is 0 Å². The molecule has 1 fully saturated rings. The molecule has 1 aromatic rings. The molecule has 1 aliphatic heterocycles. The van der Waals surface area contributed by atoms with Crippen LogP contribution >= 0.6 is 0 Å². The molecule has 2 N–H and O–H groups in total. The van der Waals surface area contributed by atoms with Gasteiger partial charge in [0.05, 0.1) is 7.11 Å². The van der Waals surface area contributed by atoms with Crippen molar-refractivity contribution in [2.75, 3.05) is 13.7 Å². The lowest BCUT2D eigenvalue weighted by Crippen LogP contribution is -2.51. The topological polar surface area (TPSA) is 58.6 Å². The van der Waals surface area contributed by atoms with Crippen molar-refractivity contribution < 1.29 is 14.6 Å². The zero-order valence-corrected chi connectivity index (χ0v) is 9.90. The zero-order valence-electron chi connectivity index (χ0n) is 9.90. The molecule has 4 heteroatoms. The molecule has 17 heavy (non-hydrogen) atoms. The molecule has 0 saturated carbocycles. The van der Waals surface area contributed by atoms with E-state index in [0.29, 0.717) is 6.42 Å². The monoisotopic (exact) mass is 235 g/mol. The molecule has 0 radical (unpaired) electrons. The molecule has 0 spiro atoms. The lowest BCUT2D eigenvalue weighted by Gasteiger charge is -2.34. The number of carboxylic acid groups (broad SMARTS) is 1. The largest absolute Gasteiger partial charge is 0.497 e. The summed E-state index contributed by atoms with van der Waals surface area (Å²) in [5, 5.41) is 12.6. The van der Waals surface area contributed by atoms with Crippen LogP contribution in [-0.2, 0) is 10.3 Å². The van der Waals surface area contributed by atoms with Gasteiger partial charge in [-0.15, -0.1) is 0 Å². The molecule has 1 heterocycles. The van der Waals surface area contributed by atoms with Crippen molar-refractivity contribution in [2.45, 2.75) is 24.8 Å². The molecule has 1 aromatic carbocycles. The highest BCUT2D eigenvalue weighted by atomic mass is 16.5. The lowest BCUT2D eigenvalue weighted by atomic mass is 9.82. The van der Waals surface area contributed by atoms with Crippen molar-refractivity contribution in [3.05, 3.63) is 29.8 Å². The summed E-state index contributed by atoms with van der Waals surface area (Å²) < 4.78 is 5.08. The Balaban J connectivity index is 2.34. The predicted molar refractivity (Wildman–Crippen MR) is 64.2 cm³/mol. The van der Waals surface area contributed by atoms with Crippen LogP contribution in [0.2, 0.25) is 0 Å². The van der Waals surface area contributed by atoms with Gasteiger partial charge >= 0.3 is 5.97 Å². The average molecular weight is 235 g/mol. The van der Waals surface area contributed by atoms with E-state index in [2.05, 4.69) is 5.32 Å². The number of carboxylic acids is 1. The normalized spacial score (nSPS) is 24.3. The average Bonchev–Trinajstić information content (AvgIpc) is 2.39. The quantitative estimate of drug-likeness (QED) is 0.838. The first-order chi connectivity index (χ1) is 8.19. The third-order valence-corrected chi connectivity index (χ3v) is 3.35. The van der Waals surface area contributed by atoms with Gasteiger partial charge < -0.3 is 9.84 Å². The highest BCUT2D eigenvalue weighted by Gasteiger charge is 2.41. The number of ether oxygens (including phenoxy) is 1. The Labute approximate surface area is 101 Å². The maximum absolute atomic E-state index is 11.5. The Morgan fingerprint density at radius 3 is 2.53 bits per heavy atom. The molecule has 1 unspecified atom stereocenters. The molecule has 92 valence electrons. The van der Waals surface area contributed by atoms with Gasteiger partial charge in [-0.1, -0.05) is 12.1 Å². The van der Waals surface area contributed by atoms with E-state index in [1.807, 2.05) is 12.1 Å². The van der Waals surface area contributed by atoms with Gasteiger partial charge in [0.25, 0.3) is 0 Å². The maximum Gasteiger partial charge on any atom is 0.328 e. The van der Waals surface area contributed by atoms with E-state index in [9.17, 15) is 9.90 Å².